The van der Waals surface area contributed by atoms with Crippen LogP contribution in [0.1, 0.15) is 16.7 Å². The van der Waals surface area contributed by atoms with Crippen molar-refractivity contribution in [1.29, 1.82) is 0 Å². The first kappa shape index (κ1) is 24.7. The van der Waals surface area contributed by atoms with Gasteiger partial charge in [-0.2, -0.15) is 5.10 Å². The van der Waals surface area contributed by atoms with Crippen LogP contribution in [0, 0.1) is 12.7 Å². The van der Waals surface area contributed by atoms with E-state index in [-0.39, 0.29) is 5.82 Å². The number of fused-ring (bicyclic) bond motifs is 2. The molecule has 200 valence electrons. The van der Waals surface area contributed by atoms with Crippen molar-refractivity contribution in [2.75, 3.05) is 0 Å². The van der Waals surface area contributed by atoms with Gasteiger partial charge in [0.15, 0.2) is 5.82 Å². The fraction of sp³-hybridized carbons (Fsp3) is 0.0938. The van der Waals surface area contributed by atoms with Gasteiger partial charge in [0.2, 0.25) is 0 Å². The van der Waals surface area contributed by atoms with Crippen LogP contribution in [0.4, 0.5) is 4.39 Å². The van der Waals surface area contributed by atoms with Gasteiger partial charge < -0.3 is 10.3 Å². The first-order valence-electron chi connectivity index (χ1n) is 13.3. The van der Waals surface area contributed by atoms with Gasteiger partial charge in [-0.05, 0) is 60.0 Å². The Morgan fingerprint density at radius 3 is 2.56 bits per heavy atom. The third kappa shape index (κ3) is 4.94. The molecule has 0 atom stereocenters. The molecule has 0 amide bonds. The maximum atomic E-state index is 14.2. The Balaban J connectivity index is 1.21. The van der Waals surface area contributed by atoms with Crippen molar-refractivity contribution < 1.29 is 4.39 Å². The normalized spacial score (nSPS) is 11.5. The molecule has 0 radical (unpaired) electrons. The molecule has 7 rings (SSSR count). The molecule has 0 saturated carbocycles. The molecule has 5 aromatic heterocycles. The first-order valence-corrected chi connectivity index (χ1v) is 13.3. The van der Waals surface area contributed by atoms with Crippen molar-refractivity contribution >= 4 is 21.9 Å². The highest BCUT2D eigenvalue weighted by atomic mass is 19.1. The molecule has 5 heterocycles. The summed E-state index contributed by atoms with van der Waals surface area (Å²) in [4.78, 5) is 21.9. The summed E-state index contributed by atoms with van der Waals surface area (Å²) in [7, 11) is 0. The van der Waals surface area contributed by atoms with Crippen LogP contribution in [0.2, 0.25) is 0 Å². The van der Waals surface area contributed by atoms with Gasteiger partial charge in [0.25, 0.3) is 0 Å². The molecule has 9 heteroatoms. The highest BCUT2D eigenvalue weighted by Gasteiger charge is 2.17. The van der Waals surface area contributed by atoms with Crippen LogP contribution in [0.5, 0.6) is 0 Å². The molecule has 2 aromatic carbocycles. The van der Waals surface area contributed by atoms with E-state index in [1.807, 2.05) is 55.7 Å². The van der Waals surface area contributed by atoms with Crippen LogP contribution < -0.4 is 5.32 Å². The second-order valence-corrected chi connectivity index (χ2v) is 10.0. The van der Waals surface area contributed by atoms with E-state index in [1.165, 1.54) is 17.7 Å². The minimum Gasteiger partial charge on any atom is -0.336 e. The first-order chi connectivity index (χ1) is 20.1. The van der Waals surface area contributed by atoms with Crippen molar-refractivity contribution in [2.24, 2.45) is 0 Å². The molecule has 7 aromatic rings. The van der Waals surface area contributed by atoms with Crippen LogP contribution in [0.15, 0.2) is 91.5 Å². The zero-order chi connectivity index (χ0) is 27.8. The molecule has 0 spiro atoms. The molecule has 0 aliphatic carbocycles. The van der Waals surface area contributed by atoms with Gasteiger partial charge in [0.1, 0.15) is 17.0 Å². The molecule has 0 saturated heterocycles. The molecule has 0 aliphatic heterocycles. The fourth-order valence-corrected chi connectivity index (χ4v) is 5.06. The number of aromatic amines is 2. The standard InChI is InChI=1S/C32H25FN8/c1-19-9-22(12-24(33)10-19)29-31-26(7-8-36-29)38-32(39-31)30-25-13-27(37-18-28(25)40-41-30)23-11-21(16-35-17-23)15-34-14-20-5-3-2-4-6-20/h2-13,16-18,34H,14-15H2,1H3,(H,38,39)(H,40,41). The molecule has 3 N–H and O–H groups in total. The Hall–Kier alpha value is -5.28. The third-order valence-electron chi connectivity index (χ3n) is 6.98. The lowest BCUT2D eigenvalue weighted by Crippen LogP contribution is -2.12. The van der Waals surface area contributed by atoms with Crippen LogP contribution in [-0.4, -0.2) is 35.1 Å². The average molecular weight is 541 g/mol. The Kier molecular flexibility index (Phi) is 6.25. The predicted molar refractivity (Wildman–Crippen MR) is 157 cm³/mol. The smallest absolute Gasteiger partial charge is 0.159 e. The number of H-pyrrole nitrogens is 2. The zero-order valence-electron chi connectivity index (χ0n) is 22.2. The number of aryl methyl sites for hydroxylation is 1. The van der Waals surface area contributed by atoms with Crippen molar-refractivity contribution in [2.45, 2.75) is 20.0 Å². The summed E-state index contributed by atoms with van der Waals surface area (Å²) in [6.45, 7) is 3.33. The van der Waals surface area contributed by atoms with E-state index in [0.29, 0.717) is 34.8 Å². The number of hydrogen-bond acceptors (Lipinski definition) is 6. The molecule has 0 bridgehead atoms. The molecular formula is C32H25FN8. The van der Waals surface area contributed by atoms with Gasteiger partial charge in [0.05, 0.1) is 28.6 Å². The molecule has 0 fully saturated rings. The highest BCUT2D eigenvalue weighted by molar-refractivity contribution is 5.96. The Labute approximate surface area is 234 Å². The number of rotatable bonds is 7. The maximum absolute atomic E-state index is 14.2. The summed E-state index contributed by atoms with van der Waals surface area (Å²) in [5.41, 5.74) is 8.99. The number of aromatic nitrogens is 7. The second-order valence-electron chi connectivity index (χ2n) is 10.0. The van der Waals surface area contributed by atoms with Crippen LogP contribution in [-0.2, 0) is 13.1 Å². The van der Waals surface area contributed by atoms with Crippen molar-refractivity contribution in [3.8, 4) is 34.0 Å². The summed E-state index contributed by atoms with van der Waals surface area (Å²) in [6.07, 6.45) is 7.14. The van der Waals surface area contributed by atoms with E-state index in [0.717, 1.165) is 45.3 Å². The summed E-state index contributed by atoms with van der Waals surface area (Å²) in [6, 6.07) is 21.1. The van der Waals surface area contributed by atoms with Crippen LogP contribution in [0.25, 0.3) is 56.0 Å². The minimum atomic E-state index is -0.307. The third-order valence-corrected chi connectivity index (χ3v) is 6.98. The van der Waals surface area contributed by atoms with Gasteiger partial charge in [-0.1, -0.05) is 30.3 Å². The molecule has 0 aliphatic rings. The summed E-state index contributed by atoms with van der Waals surface area (Å²) in [5, 5.41) is 12.0. The predicted octanol–water partition coefficient (Wildman–Crippen LogP) is 6.36. The Morgan fingerprint density at radius 1 is 0.805 bits per heavy atom. The van der Waals surface area contributed by atoms with Crippen molar-refractivity contribution in [3.63, 3.8) is 0 Å². The van der Waals surface area contributed by atoms with E-state index < -0.39 is 0 Å². The average Bonchev–Trinajstić information content (AvgIpc) is 3.61. The monoisotopic (exact) mass is 540 g/mol. The van der Waals surface area contributed by atoms with Gasteiger partial charge in [-0.15, -0.1) is 0 Å². The second kappa shape index (κ2) is 10.4. The van der Waals surface area contributed by atoms with Gasteiger partial charge in [-0.25, -0.2) is 9.37 Å². The Morgan fingerprint density at radius 2 is 1.68 bits per heavy atom. The number of pyridine rings is 3. The number of imidazole rings is 1. The van der Waals surface area contributed by atoms with Gasteiger partial charge in [0, 0.05) is 48.2 Å². The topological polar surface area (TPSA) is 108 Å². The number of nitrogens with one attached hydrogen (secondary N) is 3. The van der Waals surface area contributed by atoms with E-state index in [9.17, 15) is 4.39 Å². The summed E-state index contributed by atoms with van der Waals surface area (Å²) >= 11 is 0. The van der Waals surface area contributed by atoms with Crippen molar-refractivity contribution in [1.82, 2.24) is 40.4 Å². The zero-order valence-corrected chi connectivity index (χ0v) is 22.2. The van der Waals surface area contributed by atoms with Gasteiger partial charge >= 0.3 is 0 Å². The largest absolute Gasteiger partial charge is 0.336 e. The highest BCUT2D eigenvalue weighted by Crippen LogP contribution is 2.32. The SMILES string of the molecule is Cc1cc(F)cc(-c2nccc3[nH]c(-c4n[nH]c5cnc(-c6cncc(CNCc7ccccc7)c6)cc45)nc23)c1. The quantitative estimate of drug-likeness (QED) is 0.217. The number of halogens is 1. The fourth-order valence-electron chi connectivity index (χ4n) is 5.06. The van der Waals surface area contributed by atoms with E-state index in [1.54, 1.807) is 12.4 Å². The van der Waals surface area contributed by atoms with E-state index in [2.05, 4.69) is 53.6 Å². The molecule has 8 nitrogen and oxygen atoms in total. The van der Waals surface area contributed by atoms with Gasteiger partial charge in [-0.3, -0.25) is 20.1 Å². The van der Waals surface area contributed by atoms with Crippen molar-refractivity contribution in [3.05, 3.63) is 114 Å². The van der Waals surface area contributed by atoms with E-state index >= 15 is 0 Å². The summed E-state index contributed by atoms with van der Waals surface area (Å²) < 4.78 is 14.2. The number of nitrogens with zero attached hydrogens (tertiary/aromatic N) is 5. The maximum Gasteiger partial charge on any atom is 0.159 e. The molecule has 0 unspecified atom stereocenters. The Bertz CT molecular complexity index is 1990. The van der Waals surface area contributed by atoms with E-state index in [4.69, 9.17) is 4.98 Å². The van der Waals surface area contributed by atoms with Crippen LogP contribution >= 0.6 is 0 Å². The number of hydrogen-bond donors (Lipinski definition) is 3. The summed E-state index contributed by atoms with van der Waals surface area (Å²) in [5.74, 6) is 0.279. The van der Waals surface area contributed by atoms with Crippen LogP contribution in [0.3, 0.4) is 0 Å². The lowest BCUT2D eigenvalue weighted by molar-refractivity contribution is 0.627. The minimum absolute atomic E-state index is 0.307. The lowest BCUT2D eigenvalue weighted by atomic mass is 10.1. The number of benzene rings is 2. The molecular weight excluding hydrogens is 515 g/mol. The lowest BCUT2D eigenvalue weighted by Gasteiger charge is -2.07. The molecule has 41 heavy (non-hydrogen) atoms.